The molecule has 1 atom stereocenters. The van der Waals surface area contributed by atoms with Gasteiger partial charge in [0.25, 0.3) is 5.91 Å². The monoisotopic (exact) mass is 426 g/mol. The summed E-state index contributed by atoms with van der Waals surface area (Å²) in [6.07, 6.45) is 15.2. The fraction of sp³-hybridized carbons (Fsp3) is 0.500. The van der Waals surface area contributed by atoms with Gasteiger partial charge in [-0.05, 0) is 45.6 Å². The van der Waals surface area contributed by atoms with Gasteiger partial charge >= 0.3 is 0 Å². The molecule has 1 aromatic heterocycles. The average molecular weight is 427 g/mol. The van der Waals surface area contributed by atoms with Crippen molar-refractivity contribution in [3.05, 3.63) is 53.9 Å². The first-order valence-electron chi connectivity index (χ1n) is 11.0. The summed E-state index contributed by atoms with van der Waals surface area (Å²) in [5.74, 6) is -0.540. The molecule has 1 saturated carbocycles. The van der Waals surface area contributed by atoms with Gasteiger partial charge in [0, 0.05) is 12.1 Å². The fourth-order valence-corrected chi connectivity index (χ4v) is 3.62. The highest BCUT2D eigenvalue weighted by molar-refractivity contribution is 5.94. The Hall–Kier alpha value is -2.96. The van der Waals surface area contributed by atoms with Crippen LogP contribution in [-0.2, 0) is 11.3 Å². The van der Waals surface area contributed by atoms with Gasteiger partial charge < -0.3 is 10.6 Å². The highest BCUT2D eigenvalue weighted by Crippen LogP contribution is 2.17. The van der Waals surface area contributed by atoms with Gasteiger partial charge in [-0.2, -0.15) is 5.10 Å². The molecular formula is C24H34N4O3. The number of nitrogens with one attached hydrogen (secondary N) is 2. The molecule has 1 aliphatic rings. The SMILES string of the molecule is C=C/C=C\C=C(/C)CCC(C)NC(=O)c1cc(C=O)n(CC(=O)NC2CCCCC2)n1. The minimum Gasteiger partial charge on any atom is -0.352 e. The maximum Gasteiger partial charge on any atom is 0.272 e. The minimum absolute atomic E-state index is 0.0568. The van der Waals surface area contributed by atoms with Crippen molar-refractivity contribution in [3.63, 3.8) is 0 Å². The van der Waals surface area contributed by atoms with Crippen LogP contribution in [0.4, 0.5) is 0 Å². The van der Waals surface area contributed by atoms with Gasteiger partial charge in [0.15, 0.2) is 12.0 Å². The van der Waals surface area contributed by atoms with Crippen molar-refractivity contribution in [2.24, 2.45) is 0 Å². The molecule has 1 heterocycles. The van der Waals surface area contributed by atoms with Crippen LogP contribution in [0, 0.1) is 0 Å². The van der Waals surface area contributed by atoms with Crippen LogP contribution in [0.15, 0.2) is 42.5 Å². The molecular weight excluding hydrogens is 392 g/mol. The minimum atomic E-state index is -0.352. The highest BCUT2D eigenvalue weighted by Gasteiger charge is 2.20. The number of hydrogen-bond donors (Lipinski definition) is 2. The van der Waals surface area contributed by atoms with Crippen LogP contribution in [-0.4, -0.2) is 40.0 Å². The first kappa shape index (κ1) is 24.3. The molecule has 2 amide bonds. The smallest absolute Gasteiger partial charge is 0.272 e. The molecule has 0 bridgehead atoms. The molecule has 31 heavy (non-hydrogen) atoms. The molecule has 2 rings (SSSR count). The van der Waals surface area contributed by atoms with Crippen molar-refractivity contribution in [2.75, 3.05) is 0 Å². The van der Waals surface area contributed by atoms with E-state index in [-0.39, 0.29) is 41.8 Å². The van der Waals surface area contributed by atoms with Crippen LogP contribution in [0.5, 0.6) is 0 Å². The van der Waals surface area contributed by atoms with Gasteiger partial charge in [-0.15, -0.1) is 0 Å². The lowest BCUT2D eigenvalue weighted by Gasteiger charge is -2.22. The number of carbonyl (C=O) groups is 3. The predicted octanol–water partition coefficient (Wildman–Crippen LogP) is 3.73. The summed E-state index contributed by atoms with van der Waals surface area (Å²) in [5, 5.41) is 10.1. The lowest BCUT2D eigenvalue weighted by Crippen LogP contribution is -2.38. The van der Waals surface area contributed by atoms with Crippen LogP contribution < -0.4 is 10.6 Å². The van der Waals surface area contributed by atoms with Crippen LogP contribution in [0.25, 0.3) is 0 Å². The van der Waals surface area contributed by atoms with Gasteiger partial charge in [-0.1, -0.05) is 55.7 Å². The third-order valence-corrected chi connectivity index (χ3v) is 5.41. The van der Waals surface area contributed by atoms with Crippen molar-refractivity contribution in [3.8, 4) is 0 Å². The zero-order valence-electron chi connectivity index (χ0n) is 18.6. The van der Waals surface area contributed by atoms with Crippen molar-refractivity contribution in [2.45, 2.75) is 77.4 Å². The molecule has 0 saturated heterocycles. The number of aldehydes is 1. The third kappa shape index (κ3) is 8.36. The second-order valence-electron chi connectivity index (χ2n) is 8.18. The van der Waals surface area contributed by atoms with E-state index >= 15 is 0 Å². The average Bonchev–Trinajstić information content (AvgIpc) is 3.16. The van der Waals surface area contributed by atoms with Crippen LogP contribution >= 0.6 is 0 Å². The quantitative estimate of drug-likeness (QED) is 0.416. The van der Waals surface area contributed by atoms with Gasteiger partial charge in [-0.25, -0.2) is 0 Å². The largest absolute Gasteiger partial charge is 0.352 e. The number of amides is 2. The summed E-state index contributed by atoms with van der Waals surface area (Å²) in [6.45, 7) is 7.53. The maximum absolute atomic E-state index is 12.6. The summed E-state index contributed by atoms with van der Waals surface area (Å²) in [4.78, 5) is 36.3. The van der Waals surface area contributed by atoms with E-state index in [1.54, 1.807) is 6.08 Å². The van der Waals surface area contributed by atoms with E-state index in [9.17, 15) is 14.4 Å². The van der Waals surface area contributed by atoms with Gasteiger partial charge in [0.2, 0.25) is 5.91 Å². The Balaban J connectivity index is 1.89. The molecule has 1 aromatic rings. The first-order chi connectivity index (χ1) is 14.9. The number of allylic oxidation sites excluding steroid dienone is 5. The molecule has 168 valence electrons. The zero-order chi connectivity index (χ0) is 22.6. The van der Waals surface area contributed by atoms with E-state index in [4.69, 9.17) is 0 Å². The lowest BCUT2D eigenvalue weighted by atomic mass is 9.95. The van der Waals surface area contributed by atoms with E-state index < -0.39 is 0 Å². The Bertz CT molecular complexity index is 832. The normalized spacial score (nSPS) is 16.1. The molecule has 0 spiro atoms. The molecule has 2 N–H and O–H groups in total. The molecule has 7 heteroatoms. The topological polar surface area (TPSA) is 93.1 Å². The third-order valence-electron chi connectivity index (χ3n) is 5.41. The van der Waals surface area contributed by atoms with Crippen molar-refractivity contribution in [1.29, 1.82) is 0 Å². The molecule has 7 nitrogen and oxygen atoms in total. The molecule has 0 aliphatic heterocycles. The highest BCUT2D eigenvalue weighted by atomic mass is 16.2. The second kappa shape index (κ2) is 12.7. The van der Waals surface area contributed by atoms with E-state index in [0.717, 1.165) is 38.5 Å². The number of hydrogen-bond acceptors (Lipinski definition) is 4. The van der Waals surface area contributed by atoms with Crippen LogP contribution in [0.1, 0.15) is 79.8 Å². The molecule has 0 aromatic carbocycles. The fourth-order valence-electron chi connectivity index (χ4n) is 3.62. The van der Waals surface area contributed by atoms with Gasteiger partial charge in [0.1, 0.15) is 12.2 Å². The Morgan fingerprint density at radius 2 is 2.03 bits per heavy atom. The standard InChI is InChI=1S/C24H34N4O3/c1-4-5-7-10-18(2)13-14-19(3)25-24(31)22-15-21(17-29)28(27-22)16-23(30)26-20-11-8-6-9-12-20/h4-5,7,10,15,17,19-20H,1,6,8-9,11-14,16H2,2-3H3,(H,25,31)(H,26,30)/b7-5-,18-10+. The van der Waals surface area contributed by atoms with Gasteiger partial charge in [-0.3, -0.25) is 19.1 Å². The summed E-state index contributed by atoms with van der Waals surface area (Å²) >= 11 is 0. The summed E-state index contributed by atoms with van der Waals surface area (Å²) in [6, 6.07) is 1.55. The summed E-state index contributed by atoms with van der Waals surface area (Å²) in [5.41, 5.74) is 1.56. The van der Waals surface area contributed by atoms with Crippen LogP contribution in [0.3, 0.4) is 0 Å². The molecule has 1 unspecified atom stereocenters. The Morgan fingerprint density at radius 3 is 2.71 bits per heavy atom. The zero-order valence-corrected chi connectivity index (χ0v) is 18.6. The number of aromatic nitrogens is 2. The van der Waals surface area contributed by atoms with Crippen LogP contribution in [0.2, 0.25) is 0 Å². The second-order valence-corrected chi connectivity index (χ2v) is 8.18. The van der Waals surface area contributed by atoms with E-state index in [1.807, 2.05) is 32.1 Å². The first-order valence-corrected chi connectivity index (χ1v) is 11.0. The number of rotatable bonds is 11. The maximum atomic E-state index is 12.6. The van der Waals surface area contributed by atoms with E-state index in [0.29, 0.717) is 6.29 Å². The summed E-state index contributed by atoms with van der Waals surface area (Å²) < 4.78 is 1.30. The van der Waals surface area contributed by atoms with E-state index in [1.165, 1.54) is 22.7 Å². The molecule has 0 radical (unpaired) electrons. The van der Waals surface area contributed by atoms with Crippen molar-refractivity contribution < 1.29 is 14.4 Å². The predicted molar refractivity (Wildman–Crippen MR) is 122 cm³/mol. The number of nitrogens with zero attached hydrogens (tertiary/aromatic N) is 2. The molecule has 1 aliphatic carbocycles. The van der Waals surface area contributed by atoms with Crippen molar-refractivity contribution in [1.82, 2.24) is 20.4 Å². The number of carbonyl (C=O) groups excluding carboxylic acids is 3. The molecule has 1 fully saturated rings. The summed E-state index contributed by atoms with van der Waals surface area (Å²) in [7, 11) is 0. The lowest BCUT2D eigenvalue weighted by molar-refractivity contribution is -0.122. The Kier molecular flexibility index (Phi) is 9.94. The van der Waals surface area contributed by atoms with Crippen molar-refractivity contribution >= 4 is 18.1 Å². The van der Waals surface area contributed by atoms with E-state index in [2.05, 4.69) is 22.3 Å². The Morgan fingerprint density at radius 1 is 1.29 bits per heavy atom. The van der Waals surface area contributed by atoms with Gasteiger partial charge in [0.05, 0.1) is 0 Å². The Labute approximate surface area is 184 Å².